The summed E-state index contributed by atoms with van der Waals surface area (Å²) >= 11 is 0. The van der Waals surface area contributed by atoms with Gasteiger partial charge in [0.15, 0.2) is 5.65 Å². The van der Waals surface area contributed by atoms with Crippen molar-refractivity contribution in [3.05, 3.63) is 33.9 Å². The Balaban J connectivity index is 2.92. The number of aromatic nitrogens is 3. The van der Waals surface area contributed by atoms with E-state index in [1.807, 2.05) is 0 Å². The van der Waals surface area contributed by atoms with Crippen molar-refractivity contribution >= 4 is 11.6 Å². The molecule has 108 valence electrons. The summed E-state index contributed by atoms with van der Waals surface area (Å²) in [6.07, 6.45) is -4.74. The summed E-state index contributed by atoms with van der Waals surface area (Å²) in [5.41, 5.74) is -2.73. The molecular formula is C11H10F3N3O3. The van der Waals surface area contributed by atoms with Gasteiger partial charge in [-0.05, 0) is 19.1 Å². The van der Waals surface area contributed by atoms with E-state index in [1.54, 1.807) is 6.92 Å². The van der Waals surface area contributed by atoms with Gasteiger partial charge in [-0.25, -0.2) is 18.7 Å². The monoisotopic (exact) mass is 289 g/mol. The number of alkyl halides is 3. The lowest BCUT2D eigenvalue weighted by Crippen LogP contribution is -2.25. The second kappa shape index (κ2) is 4.66. The zero-order valence-electron chi connectivity index (χ0n) is 10.6. The second-order valence-electron chi connectivity index (χ2n) is 3.88. The highest BCUT2D eigenvalue weighted by Gasteiger charge is 2.36. The molecule has 0 atom stereocenters. The Morgan fingerprint density at radius 3 is 2.55 bits per heavy atom. The van der Waals surface area contributed by atoms with E-state index in [4.69, 9.17) is 0 Å². The lowest BCUT2D eigenvalue weighted by atomic mass is 10.2. The lowest BCUT2D eigenvalue weighted by molar-refractivity contribution is -0.142. The van der Waals surface area contributed by atoms with Gasteiger partial charge in [0, 0.05) is 6.54 Å². The predicted octanol–water partition coefficient (Wildman–Crippen LogP) is 1.32. The van der Waals surface area contributed by atoms with Gasteiger partial charge in [0.1, 0.15) is 11.3 Å². The van der Waals surface area contributed by atoms with Gasteiger partial charge in [0.05, 0.1) is 7.11 Å². The van der Waals surface area contributed by atoms with Crippen molar-refractivity contribution in [2.75, 3.05) is 7.11 Å². The van der Waals surface area contributed by atoms with Gasteiger partial charge in [0.2, 0.25) is 0 Å². The molecule has 0 aliphatic rings. The highest BCUT2D eigenvalue weighted by molar-refractivity contribution is 5.95. The second-order valence-corrected chi connectivity index (χ2v) is 3.88. The van der Waals surface area contributed by atoms with E-state index in [9.17, 15) is 22.8 Å². The van der Waals surface area contributed by atoms with Crippen LogP contribution >= 0.6 is 0 Å². The fourth-order valence-corrected chi connectivity index (χ4v) is 1.81. The quantitative estimate of drug-likeness (QED) is 0.782. The Kier molecular flexibility index (Phi) is 3.28. The molecule has 2 aromatic heterocycles. The minimum atomic E-state index is -4.74. The smallest absolute Gasteiger partial charge is 0.431 e. The number of esters is 1. The number of hydrogen-bond donors (Lipinski definition) is 0. The molecular weight excluding hydrogens is 279 g/mol. The van der Waals surface area contributed by atoms with Crippen LogP contribution in [0, 0.1) is 0 Å². The molecule has 0 saturated heterocycles. The number of fused-ring (bicyclic) bond motifs is 1. The van der Waals surface area contributed by atoms with Crippen LogP contribution in [0.2, 0.25) is 0 Å². The molecule has 0 radical (unpaired) electrons. The first kappa shape index (κ1) is 14.1. The van der Waals surface area contributed by atoms with Gasteiger partial charge in [-0.15, -0.1) is 5.10 Å². The molecule has 0 unspecified atom stereocenters. The molecule has 0 amide bonds. The van der Waals surface area contributed by atoms with E-state index in [0.717, 1.165) is 17.9 Å². The van der Waals surface area contributed by atoms with Gasteiger partial charge in [-0.1, -0.05) is 0 Å². The molecule has 0 saturated carbocycles. The molecule has 2 rings (SSSR count). The van der Waals surface area contributed by atoms with Crippen LogP contribution in [0.15, 0.2) is 16.9 Å². The van der Waals surface area contributed by atoms with E-state index >= 15 is 0 Å². The summed E-state index contributed by atoms with van der Waals surface area (Å²) in [5.74, 6) is -0.864. The average Bonchev–Trinajstić information content (AvgIpc) is 2.73. The number of rotatable bonds is 2. The third-order valence-corrected chi connectivity index (χ3v) is 2.72. The first-order valence-electron chi connectivity index (χ1n) is 5.59. The van der Waals surface area contributed by atoms with Gasteiger partial charge in [-0.2, -0.15) is 13.2 Å². The van der Waals surface area contributed by atoms with Crippen LogP contribution in [0.25, 0.3) is 5.65 Å². The van der Waals surface area contributed by atoms with Crippen LogP contribution in [-0.2, 0) is 17.5 Å². The number of pyridine rings is 1. The third kappa shape index (κ3) is 2.04. The maximum Gasteiger partial charge on any atom is 0.431 e. The van der Waals surface area contributed by atoms with E-state index in [1.165, 1.54) is 0 Å². The zero-order valence-corrected chi connectivity index (χ0v) is 10.6. The minimum absolute atomic E-state index is 0.0818. The lowest BCUT2D eigenvalue weighted by Gasteiger charge is -2.09. The van der Waals surface area contributed by atoms with Gasteiger partial charge < -0.3 is 4.74 Å². The summed E-state index contributed by atoms with van der Waals surface area (Å²) in [5, 5.41) is 3.74. The number of methoxy groups -OCH3 is 1. The molecule has 0 aromatic carbocycles. The number of carbonyl (C=O) groups is 1. The van der Waals surface area contributed by atoms with Crippen molar-refractivity contribution in [2.45, 2.75) is 19.6 Å². The molecule has 6 nitrogen and oxygen atoms in total. The van der Waals surface area contributed by atoms with Crippen LogP contribution in [-0.4, -0.2) is 27.3 Å². The molecule has 0 aliphatic heterocycles. The van der Waals surface area contributed by atoms with Crippen molar-refractivity contribution < 1.29 is 22.7 Å². The fourth-order valence-electron chi connectivity index (χ4n) is 1.81. The number of carbonyl (C=O) groups excluding carboxylic acids is 1. The van der Waals surface area contributed by atoms with Crippen LogP contribution in [0.3, 0.4) is 0 Å². The van der Waals surface area contributed by atoms with Crippen LogP contribution in [0.1, 0.15) is 23.0 Å². The third-order valence-electron chi connectivity index (χ3n) is 2.72. The molecule has 9 heteroatoms. The normalized spacial score (nSPS) is 11.8. The highest BCUT2D eigenvalue weighted by Crippen LogP contribution is 2.29. The largest absolute Gasteiger partial charge is 0.465 e. The molecule has 2 aromatic rings. The van der Waals surface area contributed by atoms with Crippen molar-refractivity contribution in [1.82, 2.24) is 14.2 Å². The first-order valence-corrected chi connectivity index (χ1v) is 5.59. The summed E-state index contributed by atoms with van der Waals surface area (Å²) in [6.45, 7) is 1.64. The number of nitrogens with zero attached hydrogens (tertiary/aromatic N) is 3. The van der Waals surface area contributed by atoms with Gasteiger partial charge in [0.25, 0.3) is 0 Å². The number of aryl methyl sites for hydroxylation is 1. The molecule has 0 N–H and O–H groups in total. The van der Waals surface area contributed by atoms with Gasteiger partial charge in [-0.3, -0.25) is 0 Å². The Morgan fingerprint density at radius 2 is 2.05 bits per heavy atom. The van der Waals surface area contributed by atoms with Crippen molar-refractivity contribution in [1.29, 1.82) is 0 Å². The molecule has 20 heavy (non-hydrogen) atoms. The van der Waals surface area contributed by atoms with Crippen LogP contribution in [0.5, 0.6) is 0 Å². The maximum absolute atomic E-state index is 12.9. The first-order chi connectivity index (χ1) is 9.31. The van der Waals surface area contributed by atoms with Crippen molar-refractivity contribution in [3.63, 3.8) is 0 Å². The van der Waals surface area contributed by atoms with Crippen LogP contribution < -0.4 is 5.69 Å². The summed E-state index contributed by atoms with van der Waals surface area (Å²) in [4.78, 5) is 23.4. The summed E-state index contributed by atoms with van der Waals surface area (Å²) in [6, 6.07) is 1.60. The van der Waals surface area contributed by atoms with E-state index < -0.39 is 23.5 Å². The molecule has 0 bridgehead atoms. The van der Waals surface area contributed by atoms with Gasteiger partial charge >= 0.3 is 17.8 Å². The standard InChI is InChI=1S/C11H10F3N3O3/c1-3-16-10(19)17-7(11(12,13)14)5-4-6(8(17)15-16)9(18)20-2/h4-5H,3H2,1-2H3. The van der Waals surface area contributed by atoms with Crippen molar-refractivity contribution in [3.8, 4) is 0 Å². The number of hydrogen-bond acceptors (Lipinski definition) is 4. The minimum Gasteiger partial charge on any atom is -0.465 e. The Bertz CT molecular complexity index is 730. The fraction of sp³-hybridized carbons (Fsp3) is 0.364. The van der Waals surface area contributed by atoms with Crippen LogP contribution in [0.4, 0.5) is 13.2 Å². The summed E-state index contributed by atoms with van der Waals surface area (Å²) in [7, 11) is 1.09. The highest BCUT2D eigenvalue weighted by atomic mass is 19.4. The maximum atomic E-state index is 12.9. The van der Waals surface area contributed by atoms with E-state index in [2.05, 4.69) is 9.84 Å². The zero-order chi connectivity index (χ0) is 15.1. The number of ether oxygens (including phenoxy) is 1. The predicted molar refractivity (Wildman–Crippen MR) is 61.5 cm³/mol. The van der Waals surface area contributed by atoms with E-state index in [-0.39, 0.29) is 17.8 Å². The topological polar surface area (TPSA) is 65.6 Å². The molecule has 0 aliphatic carbocycles. The summed E-state index contributed by atoms with van der Waals surface area (Å²) < 4.78 is 44.4. The Hall–Kier alpha value is -2.32. The Labute approximate surface area is 110 Å². The van der Waals surface area contributed by atoms with Crippen molar-refractivity contribution in [2.24, 2.45) is 0 Å². The number of halogens is 3. The molecule has 0 spiro atoms. The molecule has 0 fully saturated rings. The van der Waals surface area contributed by atoms with E-state index in [0.29, 0.717) is 10.5 Å². The Morgan fingerprint density at radius 1 is 1.40 bits per heavy atom. The SMILES string of the molecule is CCn1nc2c(C(=O)OC)ccc(C(F)(F)F)n2c1=O. The molecule has 2 heterocycles. The average molecular weight is 289 g/mol.